The molecule has 3 amide bonds. The third-order valence-electron chi connectivity index (χ3n) is 18.9. The Morgan fingerprint density at radius 1 is 0.837 bits per heavy atom. The van der Waals surface area contributed by atoms with Gasteiger partial charge in [0.15, 0.2) is 18.2 Å². The van der Waals surface area contributed by atoms with Crippen LogP contribution in [0.15, 0.2) is 94.5 Å². The summed E-state index contributed by atoms with van der Waals surface area (Å²) in [7, 11) is 3.21. The minimum atomic E-state index is -1.71. The third-order valence-corrected chi connectivity index (χ3v) is 19.4. The van der Waals surface area contributed by atoms with Crippen LogP contribution in [0.3, 0.4) is 0 Å². The van der Waals surface area contributed by atoms with Crippen molar-refractivity contribution < 1.29 is 82.3 Å². The Labute approximate surface area is 548 Å². The average Bonchev–Trinajstić information content (AvgIpc) is 1.55. The van der Waals surface area contributed by atoms with Crippen LogP contribution in [0.5, 0.6) is 11.5 Å². The van der Waals surface area contributed by atoms with E-state index in [1.54, 1.807) is 55.5 Å². The van der Waals surface area contributed by atoms with Crippen molar-refractivity contribution in [2.45, 2.75) is 167 Å². The van der Waals surface area contributed by atoms with E-state index in [2.05, 4.69) is 6.08 Å². The molecule has 5 unspecified atom stereocenters. The molecule has 6 aliphatic rings. The van der Waals surface area contributed by atoms with E-state index in [0.717, 1.165) is 42.0 Å². The number of unbranched alkanes of at least 4 members (excludes halogenated alkanes) is 3. The Morgan fingerprint density at radius 2 is 1.53 bits per heavy atom. The fourth-order valence-electron chi connectivity index (χ4n) is 14.1. The lowest BCUT2D eigenvalue weighted by atomic mass is 9.68. The molecule has 3 aromatic rings. The average molecular weight is 1320 g/mol. The number of aliphatic hydroxyl groups is 4. The van der Waals surface area contributed by atoms with E-state index >= 15 is 4.79 Å². The smallest absolute Gasteiger partial charge is 0.326 e. The lowest BCUT2D eigenvalue weighted by molar-refractivity contribution is -0.318. The zero-order chi connectivity index (χ0) is 66.3. The van der Waals surface area contributed by atoms with Gasteiger partial charge in [-0.05, 0) is 118 Å². The Bertz CT molecular complexity index is 3200. The van der Waals surface area contributed by atoms with Gasteiger partial charge < -0.3 is 68.1 Å². The number of halogens is 2. The monoisotopic (exact) mass is 1320 g/mol. The number of hydrogen-bond acceptors (Lipinski definition) is 18. The topological polar surface area (TPSA) is 262 Å². The van der Waals surface area contributed by atoms with Gasteiger partial charge in [0.1, 0.15) is 54.3 Å². The highest BCUT2D eigenvalue weighted by Crippen LogP contribution is 2.56. The minimum absolute atomic E-state index is 0.0124. The first kappa shape index (κ1) is 70.3. The van der Waals surface area contributed by atoms with Crippen LogP contribution < -0.4 is 9.47 Å². The molecule has 23 heteroatoms. The molecule has 92 heavy (non-hydrogen) atoms. The van der Waals surface area contributed by atoms with Gasteiger partial charge >= 0.3 is 18.0 Å². The second-order valence-corrected chi connectivity index (χ2v) is 26.6. The number of hydrogen-bond donors (Lipinski definition) is 4. The van der Waals surface area contributed by atoms with Gasteiger partial charge in [-0.15, -0.1) is 0 Å². The van der Waals surface area contributed by atoms with Gasteiger partial charge in [-0.3, -0.25) is 29.1 Å². The quantitative estimate of drug-likeness (QED) is 0.0351. The second kappa shape index (κ2) is 31.1. The number of methoxy groups -OCH3 is 2. The second-order valence-electron chi connectivity index (χ2n) is 25.8. The first-order chi connectivity index (χ1) is 43.9. The molecule has 4 N–H and O–H groups in total. The molecular formula is C69H90Cl2N4O17. The SMILES string of the molecule is COC[C@H]1CC[C@@H]2/C1=C\[C@]1(C)C(=C([C@H](C)COC(C)=O)C[C@@H]1O)[C@@H](OC1OC(COCCCCCCC(=O)CN3CCN(C(=O)N4C(c5ccc(OC)cc5OC(C)C)=N[C@@H](c5ccc(Cl)cc5)[C@H]4c4ccc(Cl)cc4)CC3=O)C(O)C(OC(C)=O)C1O)[C@H](O)[C@@H]2C. The lowest BCUT2D eigenvalue weighted by Crippen LogP contribution is -2.62. The van der Waals surface area contributed by atoms with E-state index in [-0.39, 0.29) is 94.4 Å². The molecular weight excluding hydrogens is 1230 g/mol. The standard InChI is InChI=1S/C69H90Cl2N4O17/c1-38(2)89-54-30-49(86-9)24-26-51(54)66-72-59(43-15-20-46(70)21-16-43)60(44-17-22-47(71)23-18-44)75(66)68(84)74-28-27-73(57(80)34-74)33-48(78)14-12-10-11-13-29-87-37-55-62(82)65(90-42(6)77)63(83)67(91-55)92-64-58-52(39(3)35-88-41(5)76)31-56(79)69(58,7)32-53-45(36-85-8)19-25-50(53)40(4)61(64)81/h15-18,20-24,26,30,32,38-40,45,50,55-56,59-65,67,79,81-83H,10-14,19,25,27-29,31,33-37H2,1-9H3/b53-32-/t39-,40-,45-,50+,55?,56+,59+,60-,61-,62?,63?,64-,65?,67?,69+/m1/s1. The number of amidine groups is 1. The molecule has 15 atom stereocenters. The van der Waals surface area contributed by atoms with Crippen LogP contribution in [-0.4, -0.2) is 193 Å². The largest absolute Gasteiger partial charge is 0.497 e. The number of nitrogens with zero attached hydrogens (tertiary/aromatic N) is 4. The van der Waals surface area contributed by atoms with Crippen LogP contribution in [0.4, 0.5) is 4.79 Å². The van der Waals surface area contributed by atoms with Gasteiger partial charge in [0, 0.05) is 80.4 Å². The van der Waals surface area contributed by atoms with Gasteiger partial charge in [0.25, 0.3) is 0 Å². The van der Waals surface area contributed by atoms with Gasteiger partial charge in [0.2, 0.25) is 5.91 Å². The molecule has 0 spiro atoms. The molecule has 3 aromatic carbocycles. The molecule has 2 saturated heterocycles. The number of aliphatic hydroxyl groups excluding tert-OH is 4. The Kier molecular flexibility index (Phi) is 23.7. The number of esters is 2. The zero-order valence-corrected chi connectivity index (χ0v) is 55.6. The van der Waals surface area contributed by atoms with E-state index in [0.29, 0.717) is 70.8 Å². The summed E-state index contributed by atoms with van der Waals surface area (Å²) in [6.07, 6.45) is -4.42. The maximum absolute atomic E-state index is 15.2. The van der Waals surface area contributed by atoms with Crippen LogP contribution in [-0.2, 0) is 47.6 Å². The summed E-state index contributed by atoms with van der Waals surface area (Å²) in [6.45, 7) is 12.5. The number of carbonyl (C=O) groups is 5. The van der Waals surface area contributed by atoms with Crippen molar-refractivity contribution in [3.05, 3.63) is 116 Å². The van der Waals surface area contributed by atoms with Crippen LogP contribution in [0.25, 0.3) is 0 Å². The maximum Gasteiger partial charge on any atom is 0.326 e. The predicted octanol–water partition coefficient (Wildman–Crippen LogP) is 8.77. The van der Waals surface area contributed by atoms with Gasteiger partial charge in [-0.25, -0.2) is 4.79 Å². The number of aliphatic imine (C=N–C) groups is 1. The molecule has 1 saturated carbocycles. The van der Waals surface area contributed by atoms with E-state index in [1.165, 1.54) is 16.7 Å². The molecule has 502 valence electrons. The number of carbonyl (C=O) groups excluding carboxylic acids is 5. The van der Waals surface area contributed by atoms with Crippen LogP contribution in [0, 0.1) is 29.1 Å². The molecule has 21 nitrogen and oxygen atoms in total. The molecule has 3 fully saturated rings. The Balaban J connectivity index is 0.803. The van der Waals surface area contributed by atoms with Gasteiger partial charge in [0.05, 0.1) is 63.4 Å². The van der Waals surface area contributed by atoms with E-state index in [4.69, 9.17) is 66.1 Å². The minimum Gasteiger partial charge on any atom is -0.497 e. The predicted molar refractivity (Wildman–Crippen MR) is 342 cm³/mol. The summed E-state index contributed by atoms with van der Waals surface area (Å²) in [5, 5.41) is 49.0. The highest BCUT2D eigenvalue weighted by Gasteiger charge is 2.56. The maximum atomic E-state index is 15.2. The number of urea groups is 1. The summed E-state index contributed by atoms with van der Waals surface area (Å²) < 4.78 is 47.6. The number of fused-ring (bicyclic) bond motifs is 2. The van der Waals surface area contributed by atoms with E-state index in [9.17, 15) is 39.6 Å². The van der Waals surface area contributed by atoms with Crippen LogP contribution in [0.1, 0.15) is 129 Å². The van der Waals surface area contributed by atoms with Crippen LogP contribution in [0.2, 0.25) is 10.0 Å². The van der Waals surface area contributed by atoms with Gasteiger partial charge in [-0.2, -0.15) is 0 Å². The number of ketones is 1. The first-order valence-corrected chi connectivity index (χ1v) is 32.9. The van der Waals surface area contributed by atoms with Crippen molar-refractivity contribution in [1.29, 1.82) is 0 Å². The molecule has 3 aliphatic carbocycles. The highest BCUT2D eigenvalue weighted by atomic mass is 35.5. The molecule has 0 bridgehead atoms. The Hall–Kier alpha value is -5.98. The molecule has 3 heterocycles. The number of amides is 3. The van der Waals surface area contributed by atoms with Crippen molar-refractivity contribution in [2.24, 2.45) is 34.1 Å². The van der Waals surface area contributed by atoms with Crippen molar-refractivity contribution in [3.63, 3.8) is 0 Å². The number of rotatable bonds is 25. The summed E-state index contributed by atoms with van der Waals surface area (Å²) in [6, 6.07) is 18.2. The van der Waals surface area contributed by atoms with Crippen molar-refractivity contribution in [3.8, 4) is 11.5 Å². The summed E-state index contributed by atoms with van der Waals surface area (Å²) in [5.41, 5.74) is 3.44. The summed E-state index contributed by atoms with van der Waals surface area (Å²) in [4.78, 5) is 77.0. The van der Waals surface area contributed by atoms with Gasteiger partial charge in [-0.1, -0.05) is 91.4 Å². The van der Waals surface area contributed by atoms with Crippen molar-refractivity contribution >= 4 is 58.7 Å². The molecule has 0 radical (unpaired) electrons. The zero-order valence-electron chi connectivity index (χ0n) is 54.0. The normalized spacial score (nSPS) is 29.8. The van der Waals surface area contributed by atoms with E-state index in [1.807, 2.05) is 65.0 Å². The number of Topliss-reactive ketones (excluding diaryl/α,β-unsaturated/α-hetero) is 1. The molecule has 3 aliphatic heterocycles. The van der Waals surface area contributed by atoms with Crippen molar-refractivity contribution in [1.82, 2.24) is 14.7 Å². The summed E-state index contributed by atoms with van der Waals surface area (Å²) in [5.74, 6) is -1.16. The number of piperazine rings is 1. The fraction of sp³-hybridized carbons (Fsp3) is 0.594. The third kappa shape index (κ3) is 15.9. The molecule has 0 aromatic heterocycles. The fourth-order valence-corrected chi connectivity index (χ4v) is 14.4. The van der Waals surface area contributed by atoms with Crippen LogP contribution >= 0.6 is 23.2 Å². The highest BCUT2D eigenvalue weighted by molar-refractivity contribution is 6.30. The van der Waals surface area contributed by atoms with E-state index < -0.39 is 90.4 Å². The summed E-state index contributed by atoms with van der Waals surface area (Å²) >= 11 is 12.8. The first-order valence-electron chi connectivity index (χ1n) is 32.1. The number of benzene rings is 3. The number of ether oxygens (including phenoxy) is 8. The Morgan fingerprint density at radius 3 is 2.18 bits per heavy atom. The van der Waals surface area contributed by atoms with Crippen molar-refractivity contribution in [2.75, 3.05) is 66.8 Å². The molecule has 9 rings (SSSR count). The lowest BCUT2D eigenvalue weighted by Gasteiger charge is -2.46.